The van der Waals surface area contributed by atoms with Gasteiger partial charge in [0.15, 0.2) is 0 Å². The first kappa shape index (κ1) is 28.0. The molecule has 0 aromatic heterocycles. The van der Waals surface area contributed by atoms with Gasteiger partial charge < -0.3 is 9.84 Å². The van der Waals surface area contributed by atoms with E-state index in [0.29, 0.717) is 31.6 Å². The van der Waals surface area contributed by atoms with Gasteiger partial charge in [-0.1, -0.05) is 79.1 Å². The fraction of sp³-hybridized carbons (Fsp3) is 0.926. The number of carboxylic acid groups (broad SMARTS) is 1. The van der Waals surface area contributed by atoms with Gasteiger partial charge in [0.2, 0.25) is 0 Å². The Bertz CT molecular complexity index is 478. The summed E-state index contributed by atoms with van der Waals surface area (Å²) in [5, 5.41) is 9.16. The maximum absolute atomic E-state index is 12.7. The van der Waals surface area contributed by atoms with Crippen LogP contribution in [0.5, 0.6) is 0 Å². The molecule has 1 unspecified atom stereocenters. The predicted octanol–water partition coefficient (Wildman–Crippen LogP) is 7.78. The fourth-order valence-corrected chi connectivity index (χ4v) is 4.66. The molecule has 1 atom stereocenters. The van der Waals surface area contributed by atoms with Crippen LogP contribution in [-0.2, 0) is 14.3 Å². The van der Waals surface area contributed by atoms with E-state index in [1.165, 1.54) is 51.4 Å². The molecule has 0 aromatic rings. The van der Waals surface area contributed by atoms with Crippen LogP contribution in [0.3, 0.4) is 0 Å². The Labute approximate surface area is 191 Å². The summed E-state index contributed by atoms with van der Waals surface area (Å²) in [5.74, 6) is 0.313. The highest BCUT2D eigenvalue weighted by Crippen LogP contribution is 2.30. The molecule has 4 heteroatoms. The number of esters is 1. The van der Waals surface area contributed by atoms with Gasteiger partial charge in [0.1, 0.15) is 6.10 Å². The molecule has 1 aliphatic carbocycles. The van der Waals surface area contributed by atoms with Crippen molar-refractivity contribution in [2.24, 2.45) is 23.7 Å². The van der Waals surface area contributed by atoms with Crippen LogP contribution in [0.1, 0.15) is 130 Å². The third kappa shape index (κ3) is 13.9. The van der Waals surface area contributed by atoms with Gasteiger partial charge in [-0.15, -0.1) is 0 Å². The maximum atomic E-state index is 12.7. The molecule has 0 spiro atoms. The molecule has 1 saturated carbocycles. The van der Waals surface area contributed by atoms with Gasteiger partial charge in [0.25, 0.3) is 0 Å². The van der Waals surface area contributed by atoms with Gasteiger partial charge in [0.05, 0.1) is 11.8 Å². The fourth-order valence-electron chi connectivity index (χ4n) is 4.66. The zero-order chi connectivity index (χ0) is 23.1. The molecule has 0 saturated heterocycles. The highest BCUT2D eigenvalue weighted by atomic mass is 16.5. The third-order valence-electron chi connectivity index (χ3n) is 6.81. The molecule has 0 bridgehead atoms. The molecule has 31 heavy (non-hydrogen) atoms. The van der Waals surface area contributed by atoms with Crippen molar-refractivity contribution in [1.82, 2.24) is 0 Å². The van der Waals surface area contributed by atoms with E-state index in [9.17, 15) is 9.59 Å². The van der Waals surface area contributed by atoms with Crippen LogP contribution in [0, 0.1) is 23.7 Å². The van der Waals surface area contributed by atoms with Crippen molar-refractivity contribution in [1.29, 1.82) is 0 Å². The molecular weight excluding hydrogens is 388 g/mol. The van der Waals surface area contributed by atoms with E-state index >= 15 is 0 Å². The number of carbonyl (C=O) groups excluding carboxylic acids is 1. The van der Waals surface area contributed by atoms with Crippen molar-refractivity contribution in [2.45, 2.75) is 137 Å². The van der Waals surface area contributed by atoms with Crippen molar-refractivity contribution in [3.8, 4) is 0 Å². The molecule has 182 valence electrons. The van der Waals surface area contributed by atoms with E-state index in [0.717, 1.165) is 31.6 Å². The number of rotatable bonds is 17. The number of hydrogen-bond acceptors (Lipinski definition) is 3. The summed E-state index contributed by atoms with van der Waals surface area (Å²) in [7, 11) is 0. The van der Waals surface area contributed by atoms with Crippen LogP contribution >= 0.6 is 0 Å². The second-order valence-electron chi connectivity index (χ2n) is 10.7. The molecule has 0 radical (unpaired) electrons. The minimum Gasteiger partial charge on any atom is -0.481 e. The summed E-state index contributed by atoms with van der Waals surface area (Å²) in [6.45, 7) is 9.07. The Balaban J connectivity index is 2.29. The average molecular weight is 439 g/mol. The number of ether oxygens (including phenoxy) is 1. The number of carboxylic acids is 1. The Morgan fingerprint density at radius 1 is 0.677 bits per heavy atom. The summed E-state index contributed by atoms with van der Waals surface area (Å²) < 4.78 is 5.96. The first-order valence-corrected chi connectivity index (χ1v) is 13.2. The molecule has 1 rings (SSSR count). The van der Waals surface area contributed by atoms with E-state index in [-0.39, 0.29) is 23.9 Å². The van der Waals surface area contributed by atoms with Crippen LogP contribution < -0.4 is 0 Å². The third-order valence-corrected chi connectivity index (χ3v) is 6.81. The minimum absolute atomic E-state index is 0.0366. The lowest BCUT2D eigenvalue weighted by Crippen LogP contribution is -2.29. The van der Waals surface area contributed by atoms with E-state index in [4.69, 9.17) is 9.84 Å². The van der Waals surface area contributed by atoms with Crippen LogP contribution in [0.4, 0.5) is 0 Å². The number of aliphatic carboxylic acids is 1. The SMILES string of the molecule is CC(C)CCCCCCCCCC(CCCC(C)C)OC(=O)C1CCC(C(=O)O)CC1. The second kappa shape index (κ2) is 16.6. The predicted molar refractivity (Wildman–Crippen MR) is 128 cm³/mol. The number of carbonyl (C=O) groups is 2. The molecule has 0 aliphatic heterocycles. The van der Waals surface area contributed by atoms with Gasteiger partial charge in [-0.2, -0.15) is 0 Å². The Morgan fingerprint density at radius 2 is 1.10 bits per heavy atom. The van der Waals surface area contributed by atoms with Gasteiger partial charge in [-0.05, 0) is 63.2 Å². The molecule has 0 amide bonds. The van der Waals surface area contributed by atoms with Crippen molar-refractivity contribution in [2.75, 3.05) is 0 Å². The van der Waals surface area contributed by atoms with Gasteiger partial charge in [0, 0.05) is 0 Å². The van der Waals surface area contributed by atoms with Crippen molar-refractivity contribution in [3.05, 3.63) is 0 Å². The molecule has 1 aliphatic rings. The first-order valence-electron chi connectivity index (χ1n) is 13.2. The quantitative estimate of drug-likeness (QED) is 0.186. The lowest BCUT2D eigenvalue weighted by Gasteiger charge is -2.27. The van der Waals surface area contributed by atoms with E-state index in [1.807, 2.05) is 0 Å². The van der Waals surface area contributed by atoms with Gasteiger partial charge >= 0.3 is 11.9 Å². The van der Waals surface area contributed by atoms with E-state index in [1.54, 1.807) is 0 Å². The summed E-state index contributed by atoms with van der Waals surface area (Å²) >= 11 is 0. The summed E-state index contributed by atoms with van der Waals surface area (Å²) in [4.78, 5) is 23.8. The lowest BCUT2D eigenvalue weighted by molar-refractivity contribution is -0.158. The number of unbranched alkanes of at least 4 members (excludes halogenated alkanes) is 6. The average Bonchev–Trinajstić information content (AvgIpc) is 2.71. The van der Waals surface area contributed by atoms with Crippen LogP contribution in [0.15, 0.2) is 0 Å². The molecule has 4 nitrogen and oxygen atoms in total. The standard InChI is InChI=1S/C27H50O4/c1-21(2)13-10-8-6-5-7-9-11-15-25(16-12-14-22(3)4)31-27(30)24-19-17-23(18-20-24)26(28)29/h21-25H,5-20H2,1-4H3,(H,28,29). The molecule has 0 heterocycles. The van der Waals surface area contributed by atoms with Crippen molar-refractivity contribution < 1.29 is 19.4 Å². The van der Waals surface area contributed by atoms with Crippen LogP contribution in [0.25, 0.3) is 0 Å². The normalized spacial score (nSPS) is 20.2. The van der Waals surface area contributed by atoms with Crippen LogP contribution in [0.2, 0.25) is 0 Å². The summed E-state index contributed by atoms with van der Waals surface area (Å²) in [6.07, 6.45) is 17.2. The largest absolute Gasteiger partial charge is 0.481 e. The molecule has 1 N–H and O–H groups in total. The molecule has 1 fully saturated rings. The molecule has 0 aromatic carbocycles. The summed E-state index contributed by atoms with van der Waals surface area (Å²) in [6, 6.07) is 0. The van der Waals surface area contributed by atoms with E-state index < -0.39 is 5.97 Å². The van der Waals surface area contributed by atoms with Crippen molar-refractivity contribution >= 4 is 11.9 Å². The van der Waals surface area contributed by atoms with Gasteiger partial charge in [-0.25, -0.2) is 0 Å². The smallest absolute Gasteiger partial charge is 0.309 e. The van der Waals surface area contributed by atoms with Crippen molar-refractivity contribution in [3.63, 3.8) is 0 Å². The zero-order valence-electron chi connectivity index (χ0n) is 20.9. The van der Waals surface area contributed by atoms with Crippen LogP contribution in [-0.4, -0.2) is 23.1 Å². The lowest BCUT2D eigenvalue weighted by atomic mass is 9.82. The van der Waals surface area contributed by atoms with Gasteiger partial charge in [-0.3, -0.25) is 9.59 Å². The Morgan fingerprint density at radius 3 is 1.61 bits per heavy atom. The summed E-state index contributed by atoms with van der Waals surface area (Å²) in [5.41, 5.74) is 0. The minimum atomic E-state index is -0.724. The highest BCUT2D eigenvalue weighted by molar-refractivity contribution is 5.74. The first-order chi connectivity index (χ1) is 14.8. The molecular formula is C27H50O4. The maximum Gasteiger partial charge on any atom is 0.309 e. The Hall–Kier alpha value is -1.06. The zero-order valence-corrected chi connectivity index (χ0v) is 20.9. The number of hydrogen-bond donors (Lipinski definition) is 1. The Kier molecular flexibility index (Phi) is 14.9. The second-order valence-corrected chi connectivity index (χ2v) is 10.7. The van der Waals surface area contributed by atoms with E-state index in [2.05, 4.69) is 27.7 Å². The monoisotopic (exact) mass is 438 g/mol. The topological polar surface area (TPSA) is 63.6 Å². The highest BCUT2D eigenvalue weighted by Gasteiger charge is 2.31.